The Labute approximate surface area is 110 Å². The summed E-state index contributed by atoms with van der Waals surface area (Å²) in [6.45, 7) is 1.54. The second kappa shape index (κ2) is 5.62. The highest BCUT2D eigenvalue weighted by Crippen LogP contribution is 2.32. The molecule has 0 aliphatic carbocycles. The molecule has 0 amide bonds. The number of alkyl halides is 3. The smallest absolute Gasteiger partial charge is 0.284 e. The van der Waals surface area contributed by atoms with Crippen molar-refractivity contribution in [3.05, 3.63) is 35.4 Å². The van der Waals surface area contributed by atoms with Gasteiger partial charge in [-0.2, -0.15) is 18.4 Å². The Hall–Kier alpha value is -1.54. The fourth-order valence-corrected chi connectivity index (χ4v) is 2.43. The van der Waals surface area contributed by atoms with Crippen LogP contribution in [-0.4, -0.2) is 18.0 Å². The predicted molar refractivity (Wildman–Crippen MR) is 65.2 cm³/mol. The van der Waals surface area contributed by atoms with E-state index in [0.717, 1.165) is 44.5 Å². The number of hydrogen-bond donors (Lipinski definition) is 0. The minimum atomic E-state index is -4.36. The maximum absolute atomic E-state index is 12.7. The van der Waals surface area contributed by atoms with E-state index in [1.165, 1.54) is 6.07 Å². The fraction of sp³-hybridized carbons (Fsp3) is 0.500. The first-order valence-corrected chi connectivity index (χ1v) is 6.33. The van der Waals surface area contributed by atoms with Crippen LogP contribution in [0.2, 0.25) is 0 Å². The van der Waals surface area contributed by atoms with Crippen LogP contribution in [0, 0.1) is 11.3 Å². The Bertz CT molecular complexity index is 470. The molecule has 1 saturated heterocycles. The van der Waals surface area contributed by atoms with Crippen LogP contribution in [-0.2, 0) is 6.18 Å². The molecule has 0 radical (unpaired) electrons. The first-order valence-electron chi connectivity index (χ1n) is 6.33. The molecule has 0 N–H and O–H groups in total. The molecule has 5 heteroatoms. The molecule has 1 atom stereocenters. The average Bonchev–Trinajstić information content (AvgIpc) is 2.40. The van der Waals surface area contributed by atoms with Crippen LogP contribution in [0.1, 0.15) is 36.4 Å². The van der Waals surface area contributed by atoms with Crippen molar-refractivity contribution in [2.45, 2.75) is 31.5 Å². The Balaban J connectivity index is 2.26. The Morgan fingerprint density at radius 3 is 2.42 bits per heavy atom. The van der Waals surface area contributed by atoms with E-state index in [1.807, 2.05) is 4.90 Å². The molecule has 1 aromatic carbocycles. The van der Waals surface area contributed by atoms with E-state index in [1.54, 1.807) is 6.07 Å². The minimum Gasteiger partial charge on any atom is -0.284 e. The predicted octanol–water partition coefficient (Wildman–Crippen LogP) is 3.76. The summed E-state index contributed by atoms with van der Waals surface area (Å²) in [4.78, 5) is 1.96. The number of piperidine rings is 1. The van der Waals surface area contributed by atoms with Crippen LogP contribution >= 0.6 is 0 Å². The highest BCUT2D eigenvalue weighted by atomic mass is 19.4. The summed E-state index contributed by atoms with van der Waals surface area (Å²) in [5.74, 6) is 0. The lowest BCUT2D eigenvalue weighted by Crippen LogP contribution is -2.33. The Morgan fingerprint density at radius 1 is 1.16 bits per heavy atom. The van der Waals surface area contributed by atoms with E-state index in [2.05, 4.69) is 6.07 Å². The maximum atomic E-state index is 12.7. The molecule has 102 valence electrons. The van der Waals surface area contributed by atoms with Gasteiger partial charge in [-0.15, -0.1) is 0 Å². The van der Waals surface area contributed by atoms with Gasteiger partial charge >= 0.3 is 6.18 Å². The van der Waals surface area contributed by atoms with E-state index < -0.39 is 17.8 Å². The van der Waals surface area contributed by atoms with Crippen molar-refractivity contribution in [3.8, 4) is 6.07 Å². The van der Waals surface area contributed by atoms with Crippen LogP contribution in [0.15, 0.2) is 24.3 Å². The summed E-state index contributed by atoms with van der Waals surface area (Å²) < 4.78 is 38.0. The average molecular weight is 268 g/mol. The molecule has 1 aliphatic heterocycles. The van der Waals surface area contributed by atoms with Crippen molar-refractivity contribution in [2.24, 2.45) is 0 Å². The monoisotopic (exact) mass is 268 g/mol. The first-order chi connectivity index (χ1) is 9.02. The van der Waals surface area contributed by atoms with E-state index in [4.69, 9.17) is 0 Å². The highest BCUT2D eigenvalue weighted by molar-refractivity contribution is 5.31. The van der Waals surface area contributed by atoms with Crippen molar-refractivity contribution in [3.63, 3.8) is 0 Å². The van der Waals surface area contributed by atoms with Crippen molar-refractivity contribution in [1.82, 2.24) is 4.90 Å². The quantitative estimate of drug-likeness (QED) is 0.816. The lowest BCUT2D eigenvalue weighted by atomic mass is 10.0. The summed E-state index contributed by atoms with van der Waals surface area (Å²) in [5, 5.41) is 9.25. The number of halogens is 3. The number of likely N-dealkylation sites (tertiary alicyclic amines) is 1. The fourth-order valence-electron chi connectivity index (χ4n) is 2.43. The van der Waals surface area contributed by atoms with Gasteiger partial charge in [-0.25, -0.2) is 0 Å². The van der Waals surface area contributed by atoms with Gasteiger partial charge in [-0.1, -0.05) is 18.6 Å². The molecule has 1 aliphatic rings. The summed E-state index contributed by atoms with van der Waals surface area (Å²) >= 11 is 0. The first kappa shape index (κ1) is 13.9. The van der Waals surface area contributed by atoms with Crippen LogP contribution < -0.4 is 0 Å². The largest absolute Gasteiger partial charge is 0.416 e. The summed E-state index contributed by atoms with van der Waals surface area (Å²) in [6, 6.07) is 6.63. The lowest BCUT2D eigenvalue weighted by Gasteiger charge is -2.30. The molecular formula is C14H15F3N2. The summed E-state index contributed by atoms with van der Waals surface area (Å²) in [5.41, 5.74) is -0.263. The Kier molecular flexibility index (Phi) is 4.11. The van der Waals surface area contributed by atoms with Gasteiger partial charge < -0.3 is 0 Å². The molecular weight excluding hydrogens is 253 g/mol. The zero-order valence-corrected chi connectivity index (χ0v) is 10.5. The summed E-state index contributed by atoms with van der Waals surface area (Å²) in [6.07, 6.45) is -1.25. The van der Waals surface area contributed by atoms with Crippen LogP contribution in [0.5, 0.6) is 0 Å². The molecule has 0 bridgehead atoms. The van der Waals surface area contributed by atoms with Gasteiger partial charge in [0, 0.05) is 0 Å². The topological polar surface area (TPSA) is 27.0 Å². The number of nitriles is 1. The second-order valence-corrected chi connectivity index (χ2v) is 4.75. The summed E-state index contributed by atoms with van der Waals surface area (Å²) in [7, 11) is 0. The van der Waals surface area contributed by atoms with E-state index in [9.17, 15) is 18.4 Å². The van der Waals surface area contributed by atoms with Gasteiger partial charge in [0.05, 0.1) is 11.6 Å². The molecule has 0 aromatic heterocycles. The van der Waals surface area contributed by atoms with Gasteiger partial charge in [0.25, 0.3) is 0 Å². The molecule has 2 rings (SSSR count). The lowest BCUT2D eigenvalue weighted by molar-refractivity contribution is -0.137. The standard InChI is InChI=1S/C14H15F3N2/c15-14(16,17)12-6-4-5-11(9-12)13(10-18)19-7-2-1-3-8-19/h4-6,9,13H,1-3,7-8H2. The van der Waals surface area contributed by atoms with Gasteiger partial charge in [0.15, 0.2) is 0 Å². The molecule has 1 unspecified atom stereocenters. The molecule has 1 aromatic rings. The maximum Gasteiger partial charge on any atom is 0.416 e. The molecule has 19 heavy (non-hydrogen) atoms. The number of hydrogen-bond acceptors (Lipinski definition) is 2. The van der Waals surface area contributed by atoms with Crippen LogP contribution in [0.25, 0.3) is 0 Å². The van der Waals surface area contributed by atoms with E-state index in [0.29, 0.717) is 5.56 Å². The highest BCUT2D eigenvalue weighted by Gasteiger charge is 2.31. The van der Waals surface area contributed by atoms with Gasteiger partial charge in [-0.05, 0) is 43.6 Å². The number of nitrogens with zero attached hydrogens (tertiary/aromatic N) is 2. The van der Waals surface area contributed by atoms with Gasteiger partial charge in [-0.3, -0.25) is 4.90 Å². The number of benzene rings is 1. The third-order valence-electron chi connectivity index (χ3n) is 3.41. The zero-order chi connectivity index (χ0) is 13.9. The van der Waals surface area contributed by atoms with Gasteiger partial charge in [0.1, 0.15) is 6.04 Å². The molecule has 1 heterocycles. The molecule has 1 fully saturated rings. The SMILES string of the molecule is N#CC(c1cccc(C(F)(F)F)c1)N1CCCCC1. The second-order valence-electron chi connectivity index (χ2n) is 4.75. The van der Waals surface area contributed by atoms with Crippen molar-refractivity contribution >= 4 is 0 Å². The van der Waals surface area contributed by atoms with E-state index in [-0.39, 0.29) is 0 Å². The minimum absolute atomic E-state index is 0.430. The van der Waals surface area contributed by atoms with Crippen LogP contribution in [0.3, 0.4) is 0 Å². The third-order valence-corrected chi connectivity index (χ3v) is 3.41. The number of rotatable bonds is 2. The molecule has 0 saturated carbocycles. The van der Waals surface area contributed by atoms with Crippen molar-refractivity contribution in [1.29, 1.82) is 5.26 Å². The normalized spacial score (nSPS) is 18.8. The molecule has 2 nitrogen and oxygen atoms in total. The van der Waals surface area contributed by atoms with Gasteiger partial charge in [0.2, 0.25) is 0 Å². The zero-order valence-electron chi connectivity index (χ0n) is 10.5. The van der Waals surface area contributed by atoms with Crippen LogP contribution in [0.4, 0.5) is 13.2 Å². The van der Waals surface area contributed by atoms with Crippen molar-refractivity contribution < 1.29 is 13.2 Å². The van der Waals surface area contributed by atoms with E-state index >= 15 is 0 Å². The molecule has 0 spiro atoms. The van der Waals surface area contributed by atoms with Crippen molar-refractivity contribution in [2.75, 3.05) is 13.1 Å². The Morgan fingerprint density at radius 2 is 1.84 bits per heavy atom. The third kappa shape index (κ3) is 3.27.